The molecule has 0 aromatic heterocycles. The summed E-state index contributed by atoms with van der Waals surface area (Å²) in [5.41, 5.74) is 7.01. The Morgan fingerprint density at radius 2 is 1.43 bits per heavy atom. The summed E-state index contributed by atoms with van der Waals surface area (Å²) in [7, 11) is 0.192. The first-order valence-electron chi connectivity index (χ1n) is 27.2. The second-order valence-electron chi connectivity index (χ2n) is 25.7. The van der Waals surface area contributed by atoms with E-state index in [4.69, 9.17) is 24.1 Å². The van der Waals surface area contributed by atoms with Crippen LogP contribution in [-0.2, 0) is 48.8 Å². The van der Waals surface area contributed by atoms with Gasteiger partial charge in [0.15, 0.2) is 16.6 Å². The molecule has 1 heterocycles. The fourth-order valence-corrected chi connectivity index (χ4v) is 11.1. The Morgan fingerprint density at radius 3 is 1.92 bits per heavy atom. The Balaban J connectivity index is 2.39. The third-order valence-corrected chi connectivity index (χ3v) is 25.4. The highest BCUT2D eigenvalue weighted by Gasteiger charge is 2.46. The SMILES string of the molecule is CC[C@H](C)[C@@H](C(=O)N1CCC[C@H]1C(=O)O[C@@H](C[C@@H](C)C[C@H](O[Si](C)(C)C(C)(C)C)[C@H](C)C(=O)O)C(C)(C)C)N(C)C(=O)[C@H](C)N(C)C(=O)[C@H](Cc1ccc(OC)cc1)NC(=O)/C(C)=C/[C@H](N)CO[Si](C)(C)C(C)(C)C. The van der Waals surface area contributed by atoms with Crippen molar-refractivity contribution in [2.24, 2.45) is 28.9 Å². The van der Waals surface area contributed by atoms with Crippen molar-refractivity contribution in [2.45, 2.75) is 221 Å². The van der Waals surface area contributed by atoms with Crippen LogP contribution in [0.25, 0.3) is 0 Å². The first-order valence-corrected chi connectivity index (χ1v) is 33.0. The molecule has 428 valence electrons. The van der Waals surface area contributed by atoms with Crippen molar-refractivity contribution in [3.05, 3.63) is 41.5 Å². The van der Waals surface area contributed by atoms with Gasteiger partial charge >= 0.3 is 11.9 Å². The Bertz CT molecular complexity index is 2110. The van der Waals surface area contributed by atoms with Crippen molar-refractivity contribution in [2.75, 3.05) is 34.4 Å². The molecule has 1 saturated heterocycles. The van der Waals surface area contributed by atoms with Crippen LogP contribution in [0.1, 0.15) is 142 Å². The lowest BCUT2D eigenvalue weighted by molar-refractivity contribution is -0.166. The number of nitrogens with two attached hydrogens (primary N) is 1. The van der Waals surface area contributed by atoms with Crippen LogP contribution in [0.4, 0.5) is 0 Å². The molecule has 1 aromatic rings. The molecule has 1 aliphatic heterocycles. The quantitative estimate of drug-likeness (QED) is 0.0451. The predicted molar refractivity (Wildman–Crippen MR) is 303 cm³/mol. The molecule has 75 heavy (non-hydrogen) atoms. The first kappa shape index (κ1) is 67.0. The standard InChI is InChI=1S/C57H101N5O11Si2/c1-23-37(3)48(52(66)62-30-24-25-45(62)54(69)72-47(55(7,8)9)32-36(2)31-46(39(5)53(67)68)73-75(21,22)57(13,14)15)61(17)50(64)40(6)60(16)51(65)44(34-41-26-28-43(70-18)29-27-41)59-49(63)38(4)33-42(58)35-71-74(19,20)56(10,11)12/h26-29,33,36-37,39-40,42,44-48H,23-25,30-32,34-35,58H2,1-22H3,(H,59,63)(H,67,68)/b38-33+/t36-,37-,39-,40-,42-,44-,45-,46-,47-,48-/m0/s1. The average molecular weight is 1090 g/mol. The predicted octanol–water partition coefficient (Wildman–Crippen LogP) is 9.21. The number of carboxylic acid groups (broad SMARTS) is 1. The van der Waals surface area contributed by atoms with Gasteiger partial charge in [0.05, 0.1) is 25.7 Å². The molecule has 2 rings (SSSR count). The number of nitrogens with zero attached hydrogens (tertiary/aromatic N) is 3. The van der Waals surface area contributed by atoms with Gasteiger partial charge in [0.25, 0.3) is 0 Å². The molecular weight excluding hydrogens is 987 g/mol. The van der Waals surface area contributed by atoms with E-state index >= 15 is 0 Å². The summed E-state index contributed by atoms with van der Waals surface area (Å²) in [6, 6.07) is 2.59. The van der Waals surface area contributed by atoms with Crippen molar-refractivity contribution in [3.63, 3.8) is 0 Å². The van der Waals surface area contributed by atoms with E-state index in [9.17, 15) is 33.9 Å². The van der Waals surface area contributed by atoms with Gasteiger partial charge in [-0.3, -0.25) is 24.0 Å². The van der Waals surface area contributed by atoms with Gasteiger partial charge in [0.1, 0.15) is 36.0 Å². The zero-order chi connectivity index (χ0) is 57.9. The molecule has 16 nitrogen and oxygen atoms in total. The lowest BCUT2D eigenvalue weighted by atomic mass is 9.81. The zero-order valence-corrected chi connectivity index (χ0v) is 52.3. The van der Waals surface area contributed by atoms with Crippen LogP contribution in [0, 0.1) is 23.2 Å². The van der Waals surface area contributed by atoms with Gasteiger partial charge in [-0.25, -0.2) is 4.79 Å². The summed E-state index contributed by atoms with van der Waals surface area (Å²) in [4.78, 5) is 88.8. The third-order valence-electron chi connectivity index (χ3n) is 16.4. The molecule has 0 radical (unpaired) electrons. The number of carbonyl (C=O) groups is 6. The maximum Gasteiger partial charge on any atom is 0.329 e. The molecule has 18 heteroatoms. The number of ether oxygens (including phenoxy) is 2. The molecule has 10 atom stereocenters. The molecule has 0 unspecified atom stereocenters. The van der Waals surface area contributed by atoms with E-state index in [-0.39, 0.29) is 40.8 Å². The van der Waals surface area contributed by atoms with E-state index in [0.717, 1.165) is 5.56 Å². The van der Waals surface area contributed by atoms with Crippen molar-refractivity contribution in [3.8, 4) is 5.75 Å². The van der Waals surface area contributed by atoms with Crippen molar-refractivity contribution in [1.29, 1.82) is 0 Å². The number of carboxylic acids is 1. The average Bonchev–Trinajstić information content (AvgIpc) is 3.81. The van der Waals surface area contributed by atoms with E-state index in [1.165, 1.54) is 16.8 Å². The van der Waals surface area contributed by atoms with E-state index in [1.54, 1.807) is 58.0 Å². The molecule has 4 N–H and O–H groups in total. The number of likely N-dealkylation sites (N-methyl/N-ethyl adjacent to an activating group) is 2. The Hall–Kier alpha value is -4.11. The highest BCUT2D eigenvalue weighted by molar-refractivity contribution is 6.74. The molecule has 1 aromatic carbocycles. The summed E-state index contributed by atoms with van der Waals surface area (Å²) < 4.78 is 24.7. The van der Waals surface area contributed by atoms with E-state index < -0.39 is 100 Å². The number of benzene rings is 1. The van der Waals surface area contributed by atoms with Gasteiger partial charge in [-0.05, 0) is 118 Å². The number of hydrogen-bond donors (Lipinski definition) is 3. The Morgan fingerprint density at radius 1 is 0.867 bits per heavy atom. The minimum atomic E-state index is -2.33. The maximum atomic E-state index is 14.9. The van der Waals surface area contributed by atoms with E-state index in [0.29, 0.717) is 50.0 Å². The minimum Gasteiger partial charge on any atom is -0.497 e. The number of rotatable bonds is 26. The van der Waals surface area contributed by atoms with Crippen LogP contribution >= 0.6 is 0 Å². The molecule has 1 fully saturated rings. The second-order valence-corrected chi connectivity index (χ2v) is 35.2. The number of carbonyl (C=O) groups excluding carboxylic acids is 5. The lowest BCUT2D eigenvalue weighted by Gasteiger charge is -2.41. The largest absolute Gasteiger partial charge is 0.497 e. The number of amides is 4. The third kappa shape index (κ3) is 18.8. The van der Waals surface area contributed by atoms with Crippen molar-refractivity contribution in [1.82, 2.24) is 20.0 Å². The van der Waals surface area contributed by atoms with Gasteiger partial charge in [-0.15, -0.1) is 0 Å². The summed E-state index contributed by atoms with van der Waals surface area (Å²) in [5, 5.41) is 12.8. The van der Waals surface area contributed by atoms with E-state index in [1.807, 2.05) is 53.7 Å². The van der Waals surface area contributed by atoms with Crippen LogP contribution < -0.4 is 15.8 Å². The minimum absolute atomic E-state index is 0.0223. The number of esters is 1. The van der Waals surface area contributed by atoms with Crippen molar-refractivity contribution >= 4 is 52.2 Å². The topological polar surface area (TPSA) is 207 Å². The molecule has 1 aliphatic rings. The molecule has 0 saturated carbocycles. The van der Waals surface area contributed by atoms with Crippen LogP contribution in [0.2, 0.25) is 36.3 Å². The number of aliphatic carboxylic acids is 1. The monoisotopic (exact) mass is 1090 g/mol. The molecule has 4 amide bonds. The molecule has 0 bridgehead atoms. The maximum absolute atomic E-state index is 14.9. The highest BCUT2D eigenvalue weighted by Crippen LogP contribution is 2.40. The molecule has 0 spiro atoms. The van der Waals surface area contributed by atoms with Gasteiger partial charge in [-0.2, -0.15) is 0 Å². The number of likely N-dealkylation sites (tertiary alicyclic amines) is 1. The highest BCUT2D eigenvalue weighted by atomic mass is 28.4. The Labute approximate surface area is 454 Å². The van der Waals surface area contributed by atoms with Crippen LogP contribution in [0.15, 0.2) is 35.9 Å². The van der Waals surface area contributed by atoms with Crippen molar-refractivity contribution < 1.29 is 52.2 Å². The zero-order valence-electron chi connectivity index (χ0n) is 50.3. The fourth-order valence-electron chi connectivity index (χ4n) is 8.65. The van der Waals surface area contributed by atoms with E-state index in [2.05, 4.69) is 73.0 Å². The Kier molecular flexibility index (Phi) is 24.5. The van der Waals surface area contributed by atoms with Crippen LogP contribution in [-0.4, -0.2) is 149 Å². The molecular formula is C57H101N5O11Si2. The van der Waals surface area contributed by atoms with Crippen LogP contribution in [0.5, 0.6) is 5.75 Å². The van der Waals surface area contributed by atoms with Gasteiger partial charge < -0.3 is 49.2 Å². The van der Waals surface area contributed by atoms with Gasteiger partial charge in [-0.1, -0.05) is 108 Å². The smallest absolute Gasteiger partial charge is 0.329 e. The number of methoxy groups -OCH3 is 1. The summed E-state index contributed by atoms with van der Waals surface area (Å²) in [6.45, 7) is 38.6. The molecule has 0 aliphatic carbocycles. The summed E-state index contributed by atoms with van der Waals surface area (Å²) >= 11 is 0. The van der Waals surface area contributed by atoms with Gasteiger partial charge in [0.2, 0.25) is 23.6 Å². The summed E-state index contributed by atoms with van der Waals surface area (Å²) in [6.07, 6.45) is 3.07. The van der Waals surface area contributed by atoms with Crippen LogP contribution in [0.3, 0.4) is 0 Å². The number of nitrogens with one attached hydrogen (secondary N) is 1. The first-order chi connectivity index (χ1) is 34.2. The number of hydrogen-bond acceptors (Lipinski definition) is 11. The fraction of sp³-hybridized carbons (Fsp3) is 0.754. The lowest BCUT2D eigenvalue weighted by Crippen LogP contribution is -2.59. The normalized spacial score (nSPS) is 18.6. The summed E-state index contributed by atoms with van der Waals surface area (Å²) in [5.74, 6) is -3.83. The van der Waals surface area contributed by atoms with Gasteiger partial charge in [0, 0.05) is 38.7 Å². The second kappa shape index (κ2) is 27.5.